The van der Waals surface area contributed by atoms with E-state index in [9.17, 15) is 13.2 Å². The van der Waals surface area contributed by atoms with Crippen molar-refractivity contribution in [2.75, 3.05) is 6.54 Å². The van der Waals surface area contributed by atoms with Crippen LogP contribution in [0.25, 0.3) is 0 Å². The van der Waals surface area contributed by atoms with Gasteiger partial charge in [0.25, 0.3) is 0 Å². The van der Waals surface area contributed by atoms with E-state index in [2.05, 4.69) is 0 Å². The maximum atomic E-state index is 12.5. The Labute approximate surface area is 80.7 Å². The maximum absolute atomic E-state index is 12.5. The van der Waals surface area contributed by atoms with E-state index in [1.54, 1.807) is 18.2 Å². The molecule has 2 N–H and O–H groups in total. The number of benzene rings is 1. The fourth-order valence-electron chi connectivity index (χ4n) is 1.37. The average molecular weight is 203 g/mol. The summed E-state index contributed by atoms with van der Waals surface area (Å²) < 4.78 is 37.6. The van der Waals surface area contributed by atoms with Crippen molar-refractivity contribution in [3.8, 4) is 0 Å². The Morgan fingerprint density at radius 2 is 1.71 bits per heavy atom. The summed E-state index contributed by atoms with van der Waals surface area (Å²) in [5.74, 6) is -1.44. The third-order valence-electron chi connectivity index (χ3n) is 2.05. The molecule has 0 heterocycles. The molecule has 0 saturated heterocycles. The zero-order chi connectivity index (χ0) is 10.6. The Balaban J connectivity index is 2.89. The van der Waals surface area contributed by atoms with E-state index in [0.29, 0.717) is 0 Å². The molecule has 0 unspecified atom stereocenters. The molecule has 4 heteroatoms. The molecule has 0 amide bonds. The first-order chi connectivity index (χ1) is 6.55. The minimum Gasteiger partial charge on any atom is -0.330 e. The molecule has 0 aliphatic carbocycles. The molecule has 0 aromatic heterocycles. The van der Waals surface area contributed by atoms with Gasteiger partial charge in [0.15, 0.2) is 0 Å². The molecule has 1 rings (SSSR count). The van der Waals surface area contributed by atoms with Crippen LogP contribution in [-0.4, -0.2) is 12.7 Å². The largest absolute Gasteiger partial charge is 0.395 e. The van der Waals surface area contributed by atoms with Crippen molar-refractivity contribution in [3.63, 3.8) is 0 Å². The van der Waals surface area contributed by atoms with Crippen LogP contribution in [0.15, 0.2) is 30.3 Å². The van der Waals surface area contributed by atoms with Gasteiger partial charge in [-0.15, -0.1) is 0 Å². The van der Waals surface area contributed by atoms with Crippen LogP contribution in [0.2, 0.25) is 0 Å². The topological polar surface area (TPSA) is 26.0 Å². The first-order valence-electron chi connectivity index (χ1n) is 4.37. The molecular formula is C10H12F3N. The molecule has 0 aliphatic rings. The van der Waals surface area contributed by atoms with Crippen LogP contribution in [0.1, 0.15) is 17.9 Å². The van der Waals surface area contributed by atoms with Crippen LogP contribution < -0.4 is 5.73 Å². The summed E-state index contributed by atoms with van der Waals surface area (Å²) >= 11 is 0. The molecule has 1 atom stereocenters. The number of hydrogen-bond acceptors (Lipinski definition) is 1. The van der Waals surface area contributed by atoms with Gasteiger partial charge in [-0.25, -0.2) is 0 Å². The van der Waals surface area contributed by atoms with Gasteiger partial charge >= 0.3 is 6.18 Å². The van der Waals surface area contributed by atoms with E-state index < -0.39 is 12.1 Å². The van der Waals surface area contributed by atoms with Crippen LogP contribution in [0.3, 0.4) is 0 Å². The Bertz CT molecular complexity index is 268. The number of hydrogen-bond donors (Lipinski definition) is 1. The van der Waals surface area contributed by atoms with E-state index in [0.717, 1.165) is 0 Å². The summed E-state index contributed by atoms with van der Waals surface area (Å²) in [5, 5.41) is 0. The van der Waals surface area contributed by atoms with Gasteiger partial charge < -0.3 is 5.73 Å². The van der Waals surface area contributed by atoms with E-state index >= 15 is 0 Å². The second kappa shape index (κ2) is 4.46. The molecule has 0 aliphatic heterocycles. The summed E-state index contributed by atoms with van der Waals surface area (Å²) in [6.07, 6.45) is -4.27. The molecular weight excluding hydrogens is 191 g/mol. The lowest BCUT2D eigenvalue weighted by molar-refractivity contribution is -0.151. The molecule has 78 valence electrons. The second-order valence-electron chi connectivity index (χ2n) is 3.08. The highest BCUT2D eigenvalue weighted by Crippen LogP contribution is 2.36. The molecule has 0 saturated carbocycles. The molecule has 1 nitrogen and oxygen atoms in total. The summed E-state index contributed by atoms with van der Waals surface area (Å²) in [6.45, 7) is 0.0407. The zero-order valence-corrected chi connectivity index (χ0v) is 7.59. The second-order valence-corrected chi connectivity index (χ2v) is 3.08. The molecule has 0 spiro atoms. The van der Waals surface area contributed by atoms with Crippen LogP contribution in [0, 0.1) is 0 Å². The van der Waals surface area contributed by atoms with Crippen molar-refractivity contribution in [1.29, 1.82) is 0 Å². The van der Waals surface area contributed by atoms with Crippen LogP contribution in [0.5, 0.6) is 0 Å². The Hall–Kier alpha value is -1.03. The molecule has 0 fully saturated rings. The van der Waals surface area contributed by atoms with E-state index in [-0.39, 0.29) is 18.5 Å². The molecule has 0 bridgehead atoms. The molecule has 1 aromatic carbocycles. The summed E-state index contributed by atoms with van der Waals surface area (Å²) in [5.41, 5.74) is 5.45. The highest BCUT2D eigenvalue weighted by Gasteiger charge is 2.39. The number of halogens is 3. The van der Waals surface area contributed by atoms with Crippen LogP contribution in [0.4, 0.5) is 13.2 Å². The van der Waals surface area contributed by atoms with Gasteiger partial charge in [0, 0.05) is 0 Å². The van der Waals surface area contributed by atoms with Crippen molar-refractivity contribution in [2.45, 2.75) is 18.5 Å². The van der Waals surface area contributed by atoms with Gasteiger partial charge in [0.2, 0.25) is 0 Å². The van der Waals surface area contributed by atoms with Gasteiger partial charge in [0.1, 0.15) is 0 Å². The minimum atomic E-state index is -4.21. The Kier molecular flexibility index (Phi) is 3.52. The smallest absolute Gasteiger partial charge is 0.330 e. The fraction of sp³-hybridized carbons (Fsp3) is 0.400. The predicted octanol–water partition coefficient (Wildman–Crippen LogP) is 2.68. The lowest BCUT2D eigenvalue weighted by Gasteiger charge is -2.19. The molecule has 1 aromatic rings. The third kappa shape index (κ3) is 2.73. The van der Waals surface area contributed by atoms with Gasteiger partial charge in [-0.1, -0.05) is 30.3 Å². The lowest BCUT2D eigenvalue weighted by Crippen LogP contribution is -2.23. The zero-order valence-electron chi connectivity index (χ0n) is 7.59. The van der Waals surface area contributed by atoms with Gasteiger partial charge in [-0.3, -0.25) is 0 Å². The quantitative estimate of drug-likeness (QED) is 0.803. The fourth-order valence-corrected chi connectivity index (χ4v) is 1.37. The van der Waals surface area contributed by atoms with Crippen molar-refractivity contribution >= 4 is 0 Å². The van der Waals surface area contributed by atoms with Gasteiger partial charge in [-0.05, 0) is 18.5 Å². The summed E-state index contributed by atoms with van der Waals surface area (Å²) in [4.78, 5) is 0. The highest BCUT2D eigenvalue weighted by molar-refractivity contribution is 5.20. The summed E-state index contributed by atoms with van der Waals surface area (Å²) in [6, 6.07) is 7.86. The van der Waals surface area contributed by atoms with Gasteiger partial charge in [-0.2, -0.15) is 13.2 Å². The van der Waals surface area contributed by atoms with Crippen molar-refractivity contribution in [2.24, 2.45) is 5.73 Å². The molecule has 14 heavy (non-hydrogen) atoms. The SMILES string of the molecule is NCC[C@H](c1ccccc1)C(F)(F)F. The number of rotatable bonds is 3. The van der Waals surface area contributed by atoms with Gasteiger partial charge in [0.05, 0.1) is 5.92 Å². The average Bonchev–Trinajstić information content (AvgIpc) is 2.14. The Morgan fingerprint density at radius 3 is 2.14 bits per heavy atom. The van der Waals surface area contributed by atoms with E-state index in [1.165, 1.54) is 12.1 Å². The predicted molar refractivity (Wildman–Crippen MR) is 48.9 cm³/mol. The maximum Gasteiger partial charge on any atom is 0.395 e. The summed E-state index contributed by atoms with van der Waals surface area (Å²) in [7, 11) is 0. The van der Waals surface area contributed by atoms with Crippen LogP contribution >= 0.6 is 0 Å². The van der Waals surface area contributed by atoms with Crippen molar-refractivity contribution < 1.29 is 13.2 Å². The third-order valence-corrected chi connectivity index (χ3v) is 2.05. The number of alkyl halides is 3. The van der Waals surface area contributed by atoms with Crippen molar-refractivity contribution in [3.05, 3.63) is 35.9 Å². The van der Waals surface area contributed by atoms with E-state index in [4.69, 9.17) is 5.73 Å². The van der Waals surface area contributed by atoms with Crippen molar-refractivity contribution in [1.82, 2.24) is 0 Å². The monoisotopic (exact) mass is 203 g/mol. The lowest BCUT2D eigenvalue weighted by atomic mass is 9.95. The van der Waals surface area contributed by atoms with Crippen LogP contribution in [-0.2, 0) is 0 Å². The first kappa shape index (κ1) is 11.0. The van der Waals surface area contributed by atoms with E-state index in [1.807, 2.05) is 0 Å². The normalized spacial score (nSPS) is 14.0. The highest BCUT2D eigenvalue weighted by atomic mass is 19.4. The Morgan fingerprint density at radius 1 is 1.14 bits per heavy atom. The minimum absolute atomic E-state index is 0.0407. The standard InChI is InChI=1S/C10H12F3N/c11-10(12,13)9(6-7-14)8-4-2-1-3-5-8/h1-5,9H,6-7,14H2/t9-/m1/s1. The first-order valence-corrected chi connectivity index (χ1v) is 4.37. The number of nitrogens with two attached hydrogens (primary N) is 1. The molecule has 0 radical (unpaired) electrons.